The van der Waals surface area contributed by atoms with E-state index in [1.54, 1.807) is 27.2 Å². The summed E-state index contributed by atoms with van der Waals surface area (Å²) in [5, 5.41) is 0. The fraction of sp³-hybridized carbons (Fsp3) is 0.375. The maximum atomic E-state index is 15.3. The smallest absolute Gasteiger partial charge is 0.229 e. The lowest BCUT2D eigenvalue weighted by atomic mass is 10.1. The van der Waals surface area contributed by atoms with Gasteiger partial charge in [-0.3, -0.25) is 4.90 Å². The predicted molar refractivity (Wildman–Crippen MR) is 170 cm³/mol. The molecule has 13 heteroatoms. The molecule has 1 atom stereocenters. The van der Waals surface area contributed by atoms with E-state index in [0.717, 1.165) is 28.2 Å². The Morgan fingerprint density at radius 1 is 0.911 bits per heavy atom. The molecule has 238 valence electrons. The van der Waals surface area contributed by atoms with Crippen molar-refractivity contribution in [3.63, 3.8) is 0 Å². The van der Waals surface area contributed by atoms with E-state index in [1.165, 1.54) is 16.8 Å². The van der Waals surface area contributed by atoms with Gasteiger partial charge in [0.15, 0.2) is 5.82 Å². The largest absolute Gasteiger partial charge is 0.497 e. The molecule has 5 rings (SSSR count). The van der Waals surface area contributed by atoms with E-state index >= 15 is 4.39 Å². The number of halogens is 1. The summed E-state index contributed by atoms with van der Waals surface area (Å²) in [5.41, 5.74) is 2.99. The van der Waals surface area contributed by atoms with Crippen molar-refractivity contribution in [1.82, 2.24) is 29.1 Å². The molecule has 45 heavy (non-hydrogen) atoms. The van der Waals surface area contributed by atoms with E-state index in [4.69, 9.17) is 14.5 Å². The Kier molecular flexibility index (Phi) is 9.90. The number of aromatic nitrogens is 4. The van der Waals surface area contributed by atoms with Gasteiger partial charge in [0.1, 0.15) is 17.3 Å². The summed E-state index contributed by atoms with van der Waals surface area (Å²) < 4.78 is 51.4. The molecule has 4 aromatic rings. The fourth-order valence-electron chi connectivity index (χ4n) is 5.30. The molecule has 0 aliphatic carbocycles. The van der Waals surface area contributed by atoms with Gasteiger partial charge in [-0.1, -0.05) is 24.3 Å². The number of hydrogen-bond acceptors (Lipinski definition) is 10. The lowest BCUT2D eigenvalue weighted by Crippen LogP contribution is -2.52. The molecule has 3 heterocycles. The Labute approximate surface area is 263 Å². The number of hydrogen-bond donors (Lipinski definition) is 0. The normalized spacial score (nSPS) is 16.0. The van der Waals surface area contributed by atoms with Gasteiger partial charge in [0.25, 0.3) is 0 Å². The molecule has 1 fully saturated rings. The summed E-state index contributed by atoms with van der Waals surface area (Å²) in [7, 11) is -0.00293. The van der Waals surface area contributed by atoms with Crippen molar-refractivity contribution in [3.8, 4) is 22.9 Å². The van der Waals surface area contributed by atoms with Crippen LogP contribution < -0.4 is 14.4 Å². The highest BCUT2D eigenvalue weighted by Gasteiger charge is 2.29. The van der Waals surface area contributed by atoms with E-state index in [0.29, 0.717) is 51.0 Å². The fourth-order valence-corrected chi connectivity index (χ4v) is 6.20. The SMILES string of the molecule is COc1ccc(CN(Cc2ccc(OC)cc2)c2nc(C)nc(-c3cc(CN4CCN(S(C)(=O)=O)CC4C)cnc3F)n2)cc1. The van der Waals surface area contributed by atoms with E-state index < -0.39 is 16.0 Å². The number of sulfonamides is 1. The lowest BCUT2D eigenvalue weighted by molar-refractivity contribution is 0.122. The highest BCUT2D eigenvalue weighted by Crippen LogP contribution is 2.26. The summed E-state index contributed by atoms with van der Waals surface area (Å²) in [6.07, 6.45) is 2.73. The summed E-state index contributed by atoms with van der Waals surface area (Å²) in [6, 6.07) is 17.2. The van der Waals surface area contributed by atoms with Crippen molar-refractivity contribution < 1.29 is 22.3 Å². The number of rotatable bonds is 11. The standard InChI is InChI=1S/C32H38FN7O4S/c1-22-18-40(45(5,41)42)15-14-38(22)21-26-16-29(30(33)34-17-26)31-35-23(2)36-32(37-31)39(19-24-6-10-27(43-3)11-7-24)20-25-8-12-28(44-4)13-9-25/h6-13,16-17,22H,14-15,18-21H2,1-5H3. The molecule has 2 aromatic heterocycles. The van der Waals surface area contributed by atoms with Crippen LogP contribution in [0.2, 0.25) is 0 Å². The van der Waals surface area contributed by atoms with Crippen LogP contribution in [0.1, 0.15) is 29.4 Å². The Morgan fingerprint density at radius 2 is 1.51 bits per heavy atom. The second-order valence-electron chi connectivity index (χ2n) is 11.2. The number of nitrogens with zero attached hydrogens (tertiary/aromatic N) is 7. The second-order valence-corrected chi connectivity index (χ2v) is 13.2. The highest BCUT2D eigenvalue weighted by atomic mass is 32.2. The third kappa shape index (κ3) is 8.10. The Balaban J connectivity index is 1.44. The first kappa shape index (κ1) is 32.2. The van der Waals surface area contributed by atoms with Gasteiger partial charge in [0, 0.05) is 51.5 Å². The van der Waals surface area contributed by atoms with Crippen LogP contribution in [-0.2, 0) is 29.7 Å². The first-order valence-electron chi connectivity index (χ1n) is 14.6. The summed E-state index contributed by atoms with van der Waals surface area (Å²) in [5.74, 6) is 1.87. The summed E-state index contributed by atoms with van der Waals surface area (Å²) in [4.78, 5) is 22.1. The van der Waals surface area contributed by atoms with Gasteiger partial charge < -0.3 is 14.4 Å². The molecule has 0 bridgehead atoms. The van der Waals surface area contributed by atoms with Crippen molar-refractivity contribution >= 4 is 16.0 Å². The zero-order valence-corrected chi connectivity index (χ0v) is 27.0. The first-order chi connectivity index (χ1) is 21.5. The maximum Gasteiger partial charge on any atom is 0.229 e. The Bertz CT molecular complexity index is 1670. The molecular formula is C32H38FN7O4S. The van der Waals surface area contributed by atoms with Gasteiger partial charge in [0.05, 0.1) is 26.0 Å². The molecule has 0 amide bonds. The average Bonchev–Trinajstić information content (AvgIpc) is 3.02. The predicted octanol–water partition coefficient (Wildman–Crippen LogP) is 4.07. The lowest BCUT2D eigenvalue weighted by Gasteiger charge is -2.38. The first-order valence-corrected chi connectivity index (χ1v) is 16.4. The summed E-state index contributed by atoms with van der Waals surface area (Å²) >= 11 is 0. The monoisotopic (exact) mass is 635 g/mol. The van der Waals surface area contributed by atoms with Crippen molar-refractivity contribution in [2.24, 2.45) is 0 Å². The number of pyridine rings is 1. The third-order valence-corrected chi connectivity index (χ3v) is 9.07. The third-order valence-electron chi connectivity index (χ3n) is 7.80. The molecule has 0 saturated carbocycles. The van der Waals surface area contributed by atoms with Crippen LogP contribution >= 0.6 is 0 Å². The Morgan fingerprint density at radius 3 is 2.04 bits per heavy atom. The van der Waals surface area contributed by atoms with E-state index in [-0.39, 0.29) is 17.4 Å². The molecule has 0 spiro atoms. The van der Waals surface area contributed by atoms with Crippen LogP contribution in [-0.4, -0.2) is 83.7 Å². The number of ether oxygens (including phenoxy) is 2. The maximum absolute atomic E-state index is 15.3. The highest BCUT2D eigenvalue weighted by molar-refractivity contribution is 7.88. The molecule has 0 radical (unpaired) electrons. The van der Waals surface area contributed by atoms with Gasteiger partial charge in [-0.2, -0.15) is 18.7 Å². The van der Waals surface area contributed by atoms with Crippen molar-refractivity contribution in [2.45, 2.75) is 39.5 Å². The van der Waals surface area contributed by atoms with Crippen molar-refractivity contribution in [2.75, 3.05) is 45.0 Å². The zero-order chi connectivity index (χ0) is 32.1. The van der Waals surface area contributed by atoms with Gasteiger partial charge in [-0.15, -0.1) is 0 Å². The molecule has 1 aliphatic heterocycles. The van der Waals surface area contributed by atoms with Gasteiger partial charge in [-0.05, 0) is 60.9 Å². The number of anilines is 1. The minimum atomic E-state index is -3.26. The van der Waals surface area contributed by atoms with Crippen LogP contribution in [0, 0.1) is 12.9 Å². The Hall–Kier alpha value is -4.20. The number of aryl methyl sites for hydroxylation is 1. The topological polar surface area (TPSA) is 114 Å². The molecule has 2 aromatic carbocycles. The quantitative estimate of drug-likeness (QED) is 0.224. The summed E-state index contributed by atoms with van der Waals surface area (Å²) in [6.45, 7) is 6.54. The number of methoxy groups -OCH3 is 2. The molecule has 1 saturated heterocycles. The molecule has 1 unspecified atom stereocenters. The van der Waals surface area contributed by atoms with Gasteiger partial charge in [0.2, 0.25) is 21.9 Å². The van der Waals surface area contributed by atoms with E-state index in [2.05, 4.69) is 19.9 Å². The van der Waals surface area contributed by atoms with Crippen molar-refractivity contribution in [1.29, 1.82) is 0 Å². The molecule has 0 N–H and O–H groups in total. The van der Waals surface area contributed by atoms with Crippen LogP contribution in [0.5, 0.6) is 11.5 Å². The zero-order valence-electron chi connectivity index (χ0n) is 26.1. The molecular weight excluding hydrogens is 597 g/mol. The van der Waals surface area contributed by atoms with Crippen LogP contribution in [0.25, 0.3) is 11.4 Å². The van der Waals surface area contributed by atoms with Crippen LogP contribution in [0.15, 0.2) is 60.8 Å². The van der Waals surface area contributed by atoms with Gasteiger partial charge >= 0.3 is 0 Å². The minimum Gasteiger partial charge on any atom is -0.497 e. The molecule has 11 nitrogen and oxygen atoms in total. The average molecular weight is 636 g/mol. The van der Waals surface area contributed by atoms with Crippen molar-refractivity contribution in [3.05, 3.63) is 89.3 Å². The van der Waals surface area contributed by atoms with Crippen LogP contribution in [0.4, 0.5) is 10.3 Å². The van der Waals surface area contributed by atoms with E-state index in [1.807, 2.05) is 60.4 Å². The van der Waals surface area contributed by atoms with Gasteiger partial charge in [-0.25, -0.2) is 18.4 Å². The van der Waals surface area contributed by atoms with Crippen LogP contribution in [0.3, 0.4) is 0 Å². The van der Waals surface area contributed by atoms with E-state index in [9.17, 15) is 8.42 Å². The number of benzene rings is 2. The number of piperazine rings is 1. The molecule has 1 aliphatic rings. The second kappa shape index (κ2) is 13.8. The minimum absolute atomic E-state index is 0.0162.